The molecule has 0 fully saturated rings. The zero-order chi connectivity index (χ0) is 24.2. The van der Waals surface area contributed by atoms with Gasteiger partial charge in [-0.3, -0.25) is 10.1 Å². The minimum atomic E-state index is -0.899. The highest BCUT2D eigenvalue weighted by Gasteiger charge is 2.21. The molecule has 7 heteroatoms. The van der Waals surface area contributed by atoms with Gasteiger partial charge in [-0.25, -0.2) is 0 Å². The Balaban J connectivity index is 1.38. The number of carboxylic acids is 1. The molecule has 5 aromatic rings. The summed E-state index contributed by atoms with van der Waals surface area (Å²) >= 11 is 0. The third kappa shape index (κ3) is 5.15. The van der Waals surface area contributed by atoms with E-state index in [-0.39, 0.29) is 6.54 Å². The molecule has 3 aromatic carbocycles. The number of carboxylic acid groups (broad SMARTS) is 1. The number of aromatic amines is 1. The molecule has 0 aliphatic heterocycles. The van der Waals surface area contributed by atoms with Crippen molar-refractivity contribution in [3.63, 3.8) is 0 Å². The summed E-state index contributed by atoms with van der Waals surface area (Å²) in [7, 11) is 0. The second kappa shape index (κ2) is 9.95. The number of benzene rings is 3. The predicted molar refractivity (Wildman–Crippen MR) is 136 cm³/mol. The van der Waals surface area contributed by atoms with Gasteiger partial charge in [-0.2, -0.15) is 15.0 Å². The van der Waals surface area contributed by atoms with E-state index in [1.165, 1.54) is 5.56 Å². The molecule has 0 saturated carbocycles. The van der Waals surface area contributed by atoms with Crippen molar-refractivity contribution in [3.8, 4) is 11.3 Å². The highest BCUT2D eigenvalue weighted by molar-refractivity contribution is 5.84. The van der Waals surface area contributed by atoms with E-state index < -0.39 is 12.0 Å². The fraction of sp³-hybridized carbons (Fsp3) is 0.179. The number of aryl methyl sites for hydroxylation is 1. The van der Waals surface area contributed by atoms with Gasteiger partial charge in [-0.15, -0.1) is 0 Å². The standard InChI is InChI=1S/C28H27N5O2/c1-19-11-13-20(14-12-19)18-33-31-26(27(32-33)21-7-3-2-4-8-21)17-30-25(28(34)35)15-22-16-29-24-10-6-5-9-23(22)24/h2-14,16,25,29-30H,15,17-18H2,1H3,(H,34,35)/t25-/m1/s1. The fourth-order valence-corrected chi connectivity index (χ4v) is 4.24. The lowest BCUT2D eigenvalue weighted by atomic mass is 10.0. The van der Waals surface area contributed by atoms with Crippen molar-refractivity contribution in [2.75, 3.05) is 0 Å². The van der Waals surface area contributed by atoms with Gasteiger partial charge in [-0.1, -0.05) is 78.4 Å². The summed E-state index contributed by atoms with van der Waals surface area (Å²) in [6.45, 7) is 2.89. The summed E-state index contributed by atoms with van der Waals surface area (Å²) in [5, 5.41) is 23.6. The van der Waals surface area contributed by atoms with E-state index in [0.29, 0.717) is 18.7 Å². The molecule has 2 heterocycles. The number of H-pyrrole nitrogens is 1. The van der Waals surface area contributed by atoms with Gasteiger partial charge >= 0.3 is 5.97 Å². The second-order valence-electron chi connectivity index (χ2n) is 8.71. The molecule has 7 nitrogen and oxygen atoms in total. The Kier molecular flexibility index (Phi) is 6.41. The summed E-state index contributed by atoms with van der Waals surface area (Å²) in [6, 6.07) is 25.3. The minimum Gasteiger partial charge on any atom is -0.480 e. The molecule has 35 heavy (non-hydrogen) atoms. The number of nitrogens with one attached hydrogen (secondary N) is 2. The third-order valence-electron chi connectivity index (χ3n) is 6.13. The van der Waals surface area contributed by atoms with Crippen LogP contribution >= 0.6 is 0 Å². The molecule has 0 spiro atoms. The van der Waals surface area contributed by atoms with E-state index in [9.17, 15) is 9.90 Å². The average molecular weight is 466 g/mol. The van der Waals surface area contributed by atoms with Crippen LogP contribution in [0.2, 0.25) is 0 Å². The summed E-state index contributed by atoms with van der Waals surface area (Å²) in [5.74, 6) is -0.899. The van der Waals surface area contributed by atoms with Crippen LogP contribution in [0.1, 0.15) is 22.4 Å². The van der Waals surface area contributed by atoms with Gasteiger partial charge in [0.15, 0.2) is 0 Å². The number of carbonyl (C=O) groups is 1. The van der Waals surface area contributed by atoms with E-state index in [1.807, 2.05) is 60.8 Å². The second-order valence-corrected chi connectivity index (χ2v) is 8.71. The third-order valence-corrected chi connectivity index (χ3v) is 6.13. The summed E-state index contributed by atoms with van der Waals surface area (Å²) in [6.07, 6.45) is 2.24. The molecular formula is C28H27N5O2. The predicted octanol–water partition coefficient (Wildman–Crippen LogP) is 4.57. The number of hydrogen-bond donors (Lipinski definition) is 3. The molecule has 0 bridgehead atoms. The Morgan fingerprint density at radius 1 is 1.00 bits per heavy atom. The summed E-state index contributed by atoms with van der Waals surface area (Å²) < 4.78 is 0. The minimum absolute atomic E-state index is 0.289. The van der Waals surface area contributed by atoms with Crippen LogP contribution in [0.5, 0.6) is 0 Å². The van der Waals surface area contributed by atoms with Crippen molar-refractivity contribution >= 4 is 16.9 Å². The molecule has 0 radical (unpaired) electrons. The van der Waals surface area contributed by atoms with E-state index >= 15 is 0 Å². The fourth-order valence-electron chi connectivity index (χ4n) is 4.24. The van der Waals surface area contributed by atoms with Crippen LogP contribution in [0, 0.1) is 6.92 Å². The van der Waals surface area contributed by atoms with Gasteiger partial charge in [0.05, 0.1) is 6.54 Å². The molecule has 0 amide bonds. The molecule has 0 aliphatic rings. The van der Waals surface area contributed by atoms with Crippen molar-refractivity contribution in [1.82, 2.24) is 25.3 Å². The number of nitrogens with zero attached hydrogens (tertiary/aromatic N) is 3. The molecule has 0 saturated heterocycles. The average Bonchev–Trinajstić information content (AvgIpc) is 3.47. The van der Waals surface area contributed by atoms with Gasteiger partial charge in [0.1, 0.15) is 17.4 Å². The van der Waals surface area contributed by atoms with E-state index in [1.54, 1.807) is 4.80 Å². The monoisotopic (exact) mass is 465 g/mol. The molecule has 0 aliphatic carbocycles. The van der Waals surface area contributed by atoms with Gasteiger partial charge in [0.25, 0.3) is 0 Å². The summed E-state index contributed by atoms with van der Waals surface area (Å²) in [4.78, 5) is 17.0. The van der Waals surface area contributed by atoms with Crippen molar-refractivity contribution in [3.05, 3.63) is 107 Å². The highest BCUT2D eigenvalue weighted by Crippen LogP contribution is 2.22. The smallest absolute Gasteiger partial charge is 0.321 e. The lowest BCUT2D eigenvalue weighted by Gasteiger charge is -2.13. The topological polar surface area (TPSA) is 95.8 Å². The first-order chi connectivity index (χ1) is 17.1. The van der Waals surface area contributed by atoms with Crippen LogP contribution in [0.3, 0.4) is 0 Å². The van der Waals surface area contributed by atoms with Crippen LogP contribution in [0.15, 0.2) is 85.1 Å². The van der Waals surface area contributed by atoms with Crippen LogP contribution in [0.4, 0.5) is 0 Å². The lowest BCUT2D eigenvalue weighted by molar-refractivity contribution is -0.139. The number of aromatic nitrogens is 4. The van der Waals surface area contributed by atoms with Crippen molar-refractivity contribution < 1.29 is 9.90 Å². The maximum atomic E-state index is 12.1. The first-order valence-corrected chi connectivity index (χ1v) is 11.6. The number of aliphatic carboxylic acids is 1. The Morgan fingerprint density at radius 2 is 1.74 bits per heavy atom. The number of fused-ring (bicyclic) bond motifs is 1. The summed E-state index contributed by atoms with van der Waals surface area (Å²) in [5.41, 5.74) is 6.68. The maximum absolute atomic E-state index is 12.1. The molecule has 5 rings (SSSR count). The molecule has 0 unspecified atom stereocenters. The number of para-hydroxylation sites is 1. The van der Waals surface area contributed by atoms with Crippen LogP contribution in [-0.4, -0.2) is 37.1 Å². The van der Waals surface area contributed by atoms with E-state index in [4.69, 9.17) is 10.2 Å². The molecule has 3 N–H and O–H groups in total. The van der Waals surface area contributed by atoms with Crippen LogP contribution in [0.25, 0.3) is 22.2 Å². The molecule has 2 aromatic heterocycles. The molecule has 176 valence electrons. The zero-order valence-electron chi connectivity index (χ0n) is 19.5. The maximum Gasteiger partial charge on any atom is 0.321 e. The van der Waals surface area contributed by atoms with Crippen LogP contribution < -0.4 is 5.32 Å². The Hall–Kier alpha value is -4.23. The Morgan fingerprint density at radius 3 is 2.51 bits per heavy atom. The zero-order valence-corrected chi connectivity index (χ0v) is 19.5. The van der Waals surface area contributed by atoms with Gasteiger partial charge < -0.3 is 10.1 Å². The highest BCUT2D eigenvalue weighted by atomic mass is 16.4. The van der Waals surface area contributed by atoms with E-state index in [2.05, 4.69) is 41.5 Å². The normalized spacial score (nSPS) is 12.1. The largest absolute Gasteiger partial charge is 0.480 e. The van der Waals surface area contributed by atoms with Gasteiger partial charge in [-0.05, 0) is 24.1 Å². The lowest BCUT2D eigenvalue weighted by Crippen LogP contribution is -2.38. The van der Waals surface area contributed by atoms with Crippen molar-refractivity contribution in [2.45, 2.75) is 32.5 Å². The van der Waals surface area contributed by atoms with Gasteiger partial charge in [0, 0.05) is 35.6 Å². The van der Waals surface area contributed by atoms with Crippen molar-refractivity contribution in [1.29, 1.82) is 0 Å². The number of rotatable bonds is 9. The quantitative estimate of drug-likeness (QED) is 0.296. The SMILES string of the molecule is Cc1ccc(Cn2nc(CN[C@H](Cc3c[nH]c4ccccc34)C(=O)O)c(-c3ccccc3)n2)cc1. The number of hydrogen-bond acceptors (Lipinski definition) is 4. The van der Waals surface area contributed by atoms with Crippen LogP contribution in [-0.2, 0) is 24.3 Å². The Labute approximate surface area is 203 Å². The first kappa shape index (κ1) is 22.6. The van der Waals surface area contributed by atoms with Gasteiger partial charge in [0.2, 0.25) is 0 Å². The molecule has 1 atom stereocenters. The van der Waals surface area contributed by atoms with Crippen molar-refractivity contribution in [2.24, 2.45) is 0 Å². The first-order valence-electron chi connectivity index (χ1n) is 11.6. The molecular weight excluding hydrogens is 438 g/mol. The Bertz CT molecular complexity index is 1440. The van der Waals surface area contributed by atoms with E-state index in [0.717, 1.165) is 33.3 Å².